The second-order valence-corrected chi connectivity index (χ2v) is 7.45. The van der Waals surface area contributed by atoms with Crippen molar-refractivity contribution in [2.24, 2.45) is 17.3 Å². The fourth-order valence-electron chi connectivity index (χ4n) is 2.93. The van der Waals surface area contributed by atoms with E-state index in [-0.39, 0.29) is 11.8 Å². The monoisotopic (exact) mass is 254 g/mol. The summed E-state index contributed by atoms with van der Waals surface area (Å²) in [4.78, 5) is 14.1. The topological polar surface area (TPSA) is 32.3 Å². The van der Waals surface area contributed by atoms with Gasteiger partial charge in [-0.3, -0.25) is 4.79 Å². The van der Waals surface area contributed by atoms with E-state index in [1.165, 1.54) is 6.42 Å². The van der Waals surface area contributed by atoms with Gasteiger partial charge in [0, 0.05) is 25.0 Å². The maximum Gasteiger partial charge on any atom is 0.222 e. The van der Waals surface area contributed by atoms with Crippen molar-refractivity contribution in [1.82, 2.24) is 10.2 Å². The molecule has 18 heavy (non-hydrogen) atoms. The first kappa shape index (κ1) is 15.5. The second-order valence-electron chi connectivity index (χ2n) is 7.45. The summed E-state index contributed by atoms with van der Waals surface area (Å²) in [6.07, 6.45) is 2.35. The number of likely N-dealkylation sites (N-methyl/N-ethyl adjacent to an activating group) is 1. The van der Waals surface area contributed by atoms with E-state index in [1.807, 2.05) is 13.8 Å². The van der Waals surface area contributed by atoms with Gasteiger partial charge < -0.3 is 10.2 Å². The van der Waals surface area contributed by atoms with Crippen LogP contribution in [0.25, 0.3) is 0 Å². The molecule has 0 aromatic heterocycles. The standard InChI is InChI=1S/C15H30N2O/c1-11(2)14(18)16-13-7-12(8-15(3,4)5)9-17(6)10-13/h11-13H,7-10H2,1-6H3,(H,16,18). The third kappa shape index (κ3) is 5.38. The van der Waals surface area contributed by atoms with E-state index < -0.39 is 0 Å². The number of hydrogen-bond acceptors (Lipinski definition) is 2. The Labute approximate surface area is 112 Å². The molecule has 106 valence electrons. The van der Waals surface area contributed by atoms with Gasteiger partial charge in [0.1, 0.15) is 0 Å². The van der Waals surface area contributed by atoms with Crippen molar-refractivity contribution in [3.05, 3.63) is 0 Å². The van der Waals surface area contributed by atoms with Crippen LogP contribution in [0.15, 0.2) is 0 Å². The highest BCUT2D eigenvalue weighted by atomic mass is 16.1. The Kier molecular flexibility index (Phi) is 5.20. The van der Waals surface area contributed by atoms with Crippen LogP contribution >= 0.6 is 0 Å². The van der Waals surface area contributed by atoms with Gasteiger partial charge in [-0.25, -0.2) is 0 Å². The van der Waals surface area contributed by atoms with E-state index in [0.717, 1.165) is 19.5 Å². The van der Waals surface area contributed by atoms with E-state index in [0.29, 0.717) is 17.4 Å². The van der Waals surface area contributed by atoms with Crippen LogP contribution in [0.4, 0.5) is 0 Å². The Morgan fingerprint density at radius 1 is 1.33 bits per heavy atom. The van der Waals surface area contributed by atoms with Crippen LogP contribution in [0, 0.1) is 17.3 Å². The number of hydrogen-bond donors (Lipinski definition) is 1. The summed E-state index contributed by atoms with van der Waals surface area (Å²) >= 11 is 0. The van der Waals surface area contributed by atoms with Gasteiger partial charge in [0.2, 0.25) is 5.91 Å². The lowest BCUT2D eigenvalue weighted by molar-refractivity contribution is -0.125. The van der Waals surface area contributed by atoms with Crippen molar-refractivity contribution in [3.63, 3.8) is 0 Å². The third-order valence-corrected chi connectivity index (χ3v) is 3.49. The molecule has 1 fully saturated rings. The summed E-state index contributed by atoms with van der Waals surface area (Å²) < 4.78 is 0. The van der Waals surface area contributed by atoms with Gasteiger partial charge in [-0.1, -0.05) is 34.6 Å². The first-order valence-corrected chi connectivity index (χ1v) is 7.16. The normalized spacial score (nSPS) is 26.4. The Hall–Kier alpha value is -0.570. The van der Waals surface area contributed by atoms with Crippen LogP contribution in [-0.4, -0.2) is 37.0 Å². The summed E-state index contributed by atoms with van der Waals surface area (Å²) in [5.74, 6) is 0.962. The van der Waals surface area contributed by atoms with Crippen molar-refractivity contribution in [1.29, 1.82) is 0 Å². The molecule has 1 saturated heterocycles. The zero-order chi connectivity index (χ0) is 13.9. The van der Waals surface area contributed by atoms with E-state index in [9.17, 15) is 4.79 Å². The maximum absolute atomic E-state index is 11.8. The molecule has 1 aliphatic rings. The van der Waals surface area contributed by atoms with Gasteiger partial charge in [-0.05, 0) is 31.2 Å². The highest BCUT2D eigenvalue weighted by molar-refractivity contribution is 5.78. The van der Waals surface area contributed by atoms with Gasteiger partial charge in [-0.2, -0.15) is 0 Å². The summed E-state index contributed by atoms with van der Waals surface area (Å²) in [6.45, 7) is 12.9. The fourth-order valence-corrected chi connectivity index (χ4v) is 2.93. The summed E-state index contributed by atoms with van der Waals surface area (Å²) in [5, 5.41) is 3.18. The number of rotatable bonds is 3. The molecule has 1 rings (SSSR count). The lowest BCUT2D eigenvalue weighted by Gasteiger charge is -2.38. The summed E-state index contributed by atoms with van der Waals surface area (Å²) in [7, 11) is 2.16. The van der Waals surface area contributed by atoms with Gasteiger partial charge >= 0.3 is 0 Å². The highest BCUT2D eigenvalue weighted by Gasteiger charge is 2.29. The predicted octanol–water partition coefficient (Wildman–Crippen LogP) is 2.52. The molecule has 0 spiro atoms. The fraction of sp³-hybridized carbons (Fsp3) is 0.933. The van der Waals surface area contributed by atoms with Crippen LogP contribution in [0.3, 0.4) is 0 Å². The van der Waals surface area contributed by atoms with Gasteiger partial charge in [0.05, 0.1) is 0 Å². The van der Waals surface area contributed by atoms with Crippen LogP contribution in [-0.2, 0) is 4.79 Å². The largest absolute Gasteiger partial charge is 0.352 e. The number of nitrogens with one attached hydrogen (secondary N) is 1. The van der Waals surface area contributed by atoms with E-state index in [1.54, 1.807) is 0 Å². The zero-order valence-corrected chi connectivity index (χ0v) is 12.9. The SMILES string of the molecule is CC(C)C(=O)NC1CC(CC(C)(C)C)CN(C)C1. The number of carbonyl (C=O) groups excluding carboxylic acids is 1. The highest BCUT2D eigenvalue weighted by Crippen LogP contribution is 2.29. The van der Waals surface area contributed by atoms with E-state index in [2.05, 4.69) is 38.0 Å². The smallest absolute Gasteiger partial charge is 0.222 e. The molecule has 2 unspecified atom stereocenters. The van der Waals surface area contributed by atoms with Crippen LogP contribution < -0.4 is 5.32 Å². The van der Waals surface area contributed by atoms with Crippen molar-refractivity contribution >= 4 is 5.91 Å². The van der Waals surface area contributed by atoms with Crippen molar-refractivity contribution in [2.45, 2.75) is 53.5 Å². The number of piperidine rings is 1. The molecule has 1 amide bonds. The average Bonchev–Trinajstić information content (AvgIpc) is 2.12. The average molecular weight is 254 g/mol. The number of nitrogens with zero attached hydrogens (tertiary/aromatic N) is 1. The lowest BCUT2D eigenvalue weighted by atomic mass is 9.80. The van der Waals surface area contributed by atoms with E-state index >= 15 is 0 Å². The van der Waals surface area contributed by atoms with Crippen molar-refractivity contribution < 1.29 is 4.79 Å². The first-order chi connectivity index (χ1) is 8.17. The molecule has 0 bridgehead atoms. The number of carbonyl (C=O) groups is 1. The minimum Gasteiger partial charge on any atom is -0.352 e. The molecular weight excluding hydrogens is 224 g/mol. The molecule has 0 radical (unpaired) electrons. The van der Waals surface area contributed by atoms with Crippen molar-refractivity contribution in [3.8, 4) is 0 Å². The van der Waals surface area contributed by atoms with E-state index in [4.69, 9.17) is 0 Å². The van der Waals surface area contributed by atoms with Gasteiger partial charge in [0.15, 0.2) is 0 Å². The molecule has 1 heterocycles. The molecule has 1 N–H and O–H groups in total. The Bertz CT molecular complexity index is 281. The predicted molar refractivity (Wildman–Crippen MR) is 76.4 cm³/mol. The molecule has 0 aliphatic carbocycles. The quantitative estimate of drug-likeness (QED) is 0.839. The molecular formula is C15H30N2O. The summed E-state index contributed by atoms with van der Waals surface area (Å²) in [5.41, 5.74) is 0.370. The second kappa shape index (κ2) is 6.05. The summed E-state index contributed by atoms with van der Waals surface area (Å²) in [6, 6.07) is 0.325. The Morgan fingerprint density at radius 3 is 2.44 bits per heavy atom. The van der Waals surface area contributed by atoms with Crippen LogP contribution in [0.2, 0.25) is 0 Å². The maximum atomic E-state index is 11.8. The molecule has 0 aromatic rings. The van der Waals surface area contributed by atoms with Gasteiger partial charge in [0.25, 0.3) is 0 Å². The molecule has 3 heteroatoms. The zero-order valence-electron chi connectivity index (χ0n) is 12.9. The van der Waals surface area contributed by atoms with Crippen LogP contribution in [0.5, 0.6) is 0 Å². The van der Waals surface area contributed by atoms with Crippen LogP contribution in [0.1, 0.15) is 47.5 Å². The lowest BCUT2D eigenvalue weighted by Crippen LogP contribution is -2.50. The molecule has 0 aromatic carbocycles. The number of amides is 1. The minimum atomic E-state index is 0.0818. The molecule has 3 nitrogen and oxygen atoms in total. The Morgan fingerprint density at radius 2 is 1.94 bits per heavy atom. The number of likely N-dealkylation sites (tertiary alicyclic amines) is 1. The molecule has 1 aliphatic heterocycles. The Balaban J connectivity index is 2.53. The first-order valence-electron chi connectivity index (χ1n) is 7.16. The minimum absolute atomic E-state index is 0.0818. The molecule has 0 saturated carbocycles. The van der Waals surface area contributed by atoms with Crippen molar-refractivity contribution in [2.75, 3.05) is 20.1 Å². The third-order valence-electron chi connectivity index (χ3n) is 3.49. The van der Waals surface area contributed by atoms with Gasteiger partial charge in [-0.15, -0.1) is 0 Å². The molecule has 2 atom stereocenters.